The average molecular weight is 527 g/mol. The average Bonchev–Trinajstić information content (AvgIpc) is 3.21. The van der Waals surface area contributed by atoms with E-state index in [9.17, 15) is 4.39 Å². The fourth-order valence-corrected chi connectivity index (χ4v) is 3.48. The molecule has 0 spiro atoms. The fourth-order valence-electron chi connectivity index (χ4n) is 3.48. The second-order valence-corrected chi connectivity index (χ2v) is 7.24. The summed E-state index contributed by atoms with van der Waals surface area (Å²) >= 11 is 0. The third kappa shape index (κ3) is 7.12. The Hall–Kier alpha value is -1.87. The third-order valence-electron chi connectivity index (χ3n) is 5.01. The van der Waals surface area contributed by atoms with Crippen molar-refractivity contribution in [2.75, 3.05) is 33.4 Å². The predicted molar refractivity (Wildman–Crippen MR) is 129 cm³/mol. The van der Waals surface area contributed by atoms with E-state index < -0.39 is 0 Å². The van der Waals surface area contributed by atoms with Crippen LogP contribution >= 0.6 is 24.0 Å². The zero-order valence-electron chi connectivity index (χ0n) is 17.6. The van der Waals surface area contributed by atoms with Crippen molar-refractivity contribution < 1.29 is 13.9 Å². The lowest BCUT2D eigenvalue weighted by molar-refractivity contribution is 0.0906. The second kappa shape index (κ2) is 12.7. The first-order valence-electron chi connectivity index (χ1n) is 10.2. The number of rotatable bonds is 8. The maximum atomic E-state index is 13.9. The summed E-state index contributed by atoms with van der Waals surface area (Å²) in [5.41, 5.74) is 2.02. The van der Waals surface area contributed by atoms with Crippen LogP contribution in [0.5, 0.6) is 5.75 Å². The van der Waals surface area contributed by atoms with Gasteiger partial charge in [-0.2, -0.15) is 0 Å². The van der Waals surface area contributed by atoms with Gasteiger partial charge in [-0.15, -0.1) is 24.0 Å². The lowest BCUT2D eigenvalue weighted by Crippen LogP contribution is -2.40. The standard InChI is InChI=1S/C23H30FN3O2.HI/c1-3-25-23(26-14-19-9-10-22(28-2)21(24)13-19)27-12-11-20(15-27)17-29-16-18-7-5-4-6-8-18;/h4-10,13,20H,3,11-12,14-17H2,1-2H3,(H,25,26);1H. The van der Waals surface area contributed by atoms with E-state index in [2.05, 4.69) is 29.3 Å². The summed E-state index contributed by atoms with van der Waals surface area (Å²) in [4.78, 5) is 6.97. The van der Waals surface area contributed by atoms with E-state index in [0.717, 1.165) is 44.2 Å². The molecule has 7 heteroatoms. The number of hydrogen-bond acceptors (Lipinski definition) is 3. The fraction of sp³-hybridized carbons (Fsp3) is 0.435. The van der Waals surface area contributed by atoms with Crippen LogP contribution in [0.3, 0.4) is 0 Å². The van der Waals surface area contributed by atoms with Crippen LogP contribution in [0.1, 0.15) is 24.5 Å². The van der Waals surface area contributed by atoms with Crippen LogP contribution in [0.25, 0.3) is 0 Å². The molecule has 0 aliphatic carbocycles. The Kier molecular flexibility index (Phi) is 10.4. The molecule has 1 atom stereocenters. The summed E-state index contributed by atoms with van der Waals surface area (Å²) < 4.78 is 24.8. The summed E-state index contributed by atoms with van der Waals surface area (Å²) in [7, 11) is 1.47. The first kappa shape index (κ1) is 24.4. The topological polar surface area (TPSA) is 46.1 Å². The van der Waals surface area contributed by atoms with E-state index in [1.165, 1.54) is 18.7 Å². The number of likely N-dealkylation sites (tertiary alicyclic amines) is 1. The first-order valence-corrected chi connectivity index (χ1v) is 10.2. The minimum atomic E-state index is -0.359. The van der Waals surface area contributed by atoms with E-state index >= 15 is 0 Å². The van der Waals surface area contributed by atoms with Gasteiger partial charge in [-0.1, -0.05) is 36.4 Å². The van der Waals surface area contributed by atoms with E-state index in [-0.39, 0.29) is 35.5 Å². The number of aliphatic imine (C=N–C) groups is 1. The summed E-state index contributed by atoms with van der Waals surface area (Å²) in [6.45, 7) is 6.53. The Morgan fingerprint density at radius 2 is 2.00 bits per heavy atom. The molecule has 0 bridgehead atoms. The van der Waals surface area contributed by atoms with Crippen molar-refractivity contribution in [3.05, 3.63) is 65.5 Å². The highest BCUT2D eigenvalue weighted by molar-refractivity contribution is 14.0. The Labute approximate surface area is 195 Å². The summed E-state index contributed by atoms with van der Waals surface area (Å²) in [5, 5.41) is 3.35. The van der Waals surface area contributed by atoms with Crippen LogP contribution in [0.2, 0.25) is 0 Å². The molecule has 5 nitrogen and oxygen atoms in total. The molecule has 0 radical (unpaired) electrons. The van der Waals surface area contributed by atoms with E-state index in [0.29, 0.717) is 19.1 Å². The van der Waals surface area contributed by atoms with Gasteiger partial charge in [0.1, 0.15) is 0 Å². The number of nitrogens with one attached hydrogen (secondary N) is 1. The van der Waals surface area contributed by atoms with Gasteiger partial charge in [-0.25, -0.2) is 9.38 Å². The SMILES string of the molecule is CCNC(=NCc1ccc(OC)c(F)c1)N1CCC(COCc2ccccc2)C1.I. The molecule has 1 fully saturated rings. The molecule has 2 aromatic carbocycles. The number of guanidine groups is 1. The number of halogens is 2. The van der Waals surface area contributed by atoms with Crippen molar-refractivity contribution in [2.24, 2.45) is 10.9 Å². The highest BCUT2D eigenvalue weighted by atomic mass is 127. The number of benzene rings is 2. The largest absolute Gasteiger partial charge is 0.494 e. The van der Waals surface area contributed by atoms with Gasteiger partial charge in [0.25, 0.3) is 0 Å². The molecule has 1 heterocycles. The van der Waals surface area contributed by atoms with Crippen LogP contribution < -0.4 is 10.1 Å². The van der Waals surface area contributed by atoms with Crippen LogP contribution in [0.4, 0.5) is 4.39 Å². The van der Waals surface area contributed by atoms with Crippen molar-refractivity contribution in [3.8, 4) is 5.75 Å². The monoisotopic (exact) mass is 527 g/mol. The lowest BCUT2D eigenvalue weighted by Gasteiger charge is -2.21. The van der Waals surface area contributed by atoms with Gasteiger partial charge in [-0.3, -0.25) is 0 Å². The Bertz CT molecular complexity index is 804. The molecule has 1 saturated heterocycles. The Morgan fingerprint density at radius 1 is 1.20 bits per heavy atom. The van der Waals surface area contributed by atoms with Crippen LogP contribution in [0, 0.1) is 11.7 Å². The van der Waals surface area contributed by atoms with Crippen molar-refractivity contribution in [1.82, 2.24) is 10.2 Å². The Balaban J connectivity index is 0.00000320. The molecule has 1 N–H and O–H groups in total. The minimum absolute atomic E-state index is 0. The number of ether oxygens (including phenoxy) is 2. The number of nitrogens with zero attached hydrogens (tertiary/aromatic N) is 2. The predicted octanol–water partition coefficient (Wildman–Crippen LogP) is 4.46. The highest BCUT2D eigenvalue weighted by Gasteiger charge is 2.25. The summed E-state index contributed by atoms with van der Waals surface area (Å²) in [6, 6.07) is 15.2. The molecule has 0 aromatic heterocycles. The Morgan fingerprint density at radius 3 is 2.70 bits per heavy atom. The smallest absolute Gasteiger partial charge is 0.194 e. The van der Waals surface area contributed by atoms with Crippen molar-refractivity contribution in [3.63, 3.8) is 0 Å². The van der Waals surface area contributed by atoms with Gasteiger partial charge < -0.3 is 19.7 Å². The number of methoxy groups -OCH3 is 1. The van der Waals surface area contributed by atoms with Gasteiger partial charge in [0, 0.05) is 25.6 Å². The molecule has 0 amide bonds. The molecule has 1 unspecified atom stereocenters. The van der Waals surface area contributed by atoms with Gasteiger partial charge in [0.15, 0.2) is 17.5 Å². The summed E-state index contributed by atoms with van der Waals surface area (Å²) in [5.74, 6) is 1.25. The quantitative estimate of drug-likeness (QED) is 0.313. The van der Waals surface area contributed by atoms with E-state index in [4.69, 9.17) is 14.5 Å². The second-order valence-electron chi connectivity index (χ2n) is 7.24. The normalized spacial score (nSPS) is 16.3. The van der Waals surface area contributed by atoms with Crippen molar-refractivity contribution >= 4 is 29.9 Å². The van der Waals surface area contributed by atoms with Gasteiger partial charge in [0.05, 0.1) is 26.9 Å². The summed E-state index contributed by atoms with van der Waals surface area (Å²) in [6.07, 6.45) is 1.08. The molecule has 1 aliphatic rings. The third-order valence-corrected chi connectivity index (χ3v) is 5.01. The molecule has 30 heavy (non-hydrogen) atoms. The van der Waals surface area contributed by atoms with E-state index in [1.54, 1.807) is 6.07 Å². The number of hydrogen-bond donors (Lipinski definition) is 1. The highest BCUT2D eigenvalue weighted by Crippen LogP contribution is 2.20. The van der Waals surface area contributed by atoms with Crippen LogP contribution in [-0.4, -0.2) is 44.2 Å². The molecule has 164 valence electrons. The maximum absolute atomic E-state index is 13.9. The first-order chi connectivity index (χ1) is 14.2. The van der Waals surface area contributed by atoms with Crippen LogP contribution in [-0.2, 0) is 17.9 Å². The zero-order chi connectivity index (χ0) is 20.5. The maximum Gasteiger partial charge on any atom is 0.194 e. The van der Waals surface area contributed by atoms with E-state index in [1.807, 2.05) is 24.3 Å². The zero-order valence-corrected chi connectivity index (χ0v) is 20.0. The molecule has 3 rings (SSSR count). The molecular formula is C23H31FIN3O2. The van der Waals surface area contributed by atoms with Crippen LogP contribution in [0.15, 0.2) is 53.5 Å². The molecule has 1 aliphatic heterocycles. The van der Waals surface area contributed by atoms with Gasteiger partial charge >= 0.3 is 0 Å². The van der Waals surface area contributed by atoms with Crippen molar-refractivity contribution in [1.29, 1.82) is 0 Å². The minimum Gasteiger partial charge on any atom is -0.494 e. The molecule has 0 saturated carbocycles. The molecular weight excluding hydrogens is 496 g/mol. The van der Waals surface area contributed by atoms with Gasteiger partial charge in [-0.05, 0) is 36.6 Å². The van der Waals surface area contributed by atoms with Crippen molar-refractivity contribution in [2.45, 2.75) is 26.5 Å². The van der Waals surface area contributed by atoms with Gasteiger partial charge in [0.2, 0.25) is 0 Å². The lowest BCUT2D eigenvalue weighted by atomic mass is 10.1. The molecule has 2 aromatic rings.